The predicted octanol–water partition coefficient (Wildman–Crippen LogP) is 2.20. The fourth-order valence-corrected chi connectivity index (χ4v) is 3.03. The van der Waals surface area contributed by atoms with Gasteiger partial charge >= 0.3 is 0 Å². The van der Waals surface area contributed by atoms with Gasteiger partial charge in [-0.3, -0.25) is 9.48 Å². The van der Waals surface area contributed by atoms with Gasteiger partial charge in [0.25, 0.3) is 0 Å². The Morgan fingerprint density at radius 2 is 2.25 bits per heavy atom. The van der Waals surface area contributed by atoms with Crippen molar-refractivity contribution in [3.63, 3.8) is 0 Å². The number of nitrogens with one attached hydrogen (secondary N) is 2. The maximum Gasteiger partial charge on any atom is 0.244 e. The van der Waals surface area contributed by atoms with E-state index in [0.29, 0.717) is 13.2 Å². The summed E-state index contributed by atoms with van der Waals surface area (Å²) in [6.45, 7) is 4.07. The van der Waals surface area contributed by atoms with Crippen molar-refractivity contribution in [2.75, 3.05) is 18.5 Å². The number of benzene rings is 1. The second kappa shape index (κ2) is 7.92. The molecule has 128 valence electrons. The van der Waals surface area contributed by atoms with Crippen LogP contribution in [0.15, 0.2) is 41.1 Å². The molecule has 0 radical (unpaired) electrons. The standard InChI is InChI=1S/C17H21BrN4O2/c1-12-16(19-7-9-24-12)17(23)21-15-4-2-13(3-5-15)6-8-22-11-14(18)10-20-22/h2-5,10-12,16,19H,6-9H2,1H3,(H,21,23)/t12-,16+/m1/s1. The summed E-state index contributed by atoms with van der Waals surface area (Å²) in [6, 6.07) is 7.61. The largest absolute Gasteiger partial charge is 0.375 e. The number of anilines is 1. The minimum absolute atomic E-state index is 0.0589. The summed E-state index contributed by atoms with van der Waals surface area (Å²) in [5, 5.41) is 10.4. The highest BCUT2D eigenvalue weighted by Crippen LogP contribution is 2.13. The molecule has 2 N–H and O–H groups in total. The van der Waals surface area contributed by atoms with Gasteiger partial charge in [-0.2, -0.15) is 5.10 Å². The minimum atomic E-state index is -0.309. The first-order chi connectivity index (χ1) is 11.6. The highest BCUT2D eigenvalue weighted by Gasteiger charge is 2.28. The van der Waals surface area contributed by atoms with E-state index in [1.165, 1.54) is 5.56 Å². The van der Waals surface area contributed by atoms with Crippen molar-refractivity contribution in [3.05, 3.63) is 46.7 Å². The first kappa shape index (κ1) is 17.1. The normalized spacial score (nSPS) is 20.8. The van der Waals surface area contributed by atoms with Crippen LogP contribution in [0.3, 0.4) is 0 Å². The lowest BCUT2D eigenvalue weighted by molar-refractivity contribution is -0.123. The van der Waals surface area contributed by atoms with E-state index in [1.54, 1.807) is 6.20 Å². The molecule has 3 rings (SSSR count). The Balaban J connectivity index is 1.53. The van der Waals surface area contributed by atoms with Gasteiger partial charge in [0.05, 0.1) is 23.4 Å². The fourth-order valence-electron chi connectivity index (χ4n) is 2.71. The third-order valence-corrected chi connectivity index (χ3v) is 4.46. The summed E-state index contributed by atoms with van der Waals surface area (Å²) in [7, 11) is 0. The van der Waals surface area contributed by atoms with Gasteiger partial charge in [0.15, 0.2) is 0 Å². The minimum Gasteiger partial charge on any atom is -0.375 e. The summed E-state index contributed by atoms with van der Waals surface area (Å²) in [5.41, 5.74) is 2.00. The van der Waals surface area contributed by atoms with E-state index in [1.807, 2.05) is 42.1 Å². The molecule has 0 spiro atoms. The Morgan fingerprint density at radius 1 is 1.46 bits per heavy atom. The number of ether oxygens (including phenoxy) is 1. The van der Waals surface area contributed by atoms with Crippen LogP contribution in [-0.2, 0) is 22.5 Å². The molecule has 0 unspecified atom stereocenters. The molecule has 7 heteroatoms. The Hall–Kier alpha value is -1.70. The Bertz CT molecular complexity index is 686. The van der Waals surface area contributed by atoms with Gasteiger partial charge in [-0.1, -0.05) is 12.1 Å². The molecule has 0 saturated carbocycles. The summed E-state index contributed by atoms with van der Waals surface area (Å²) in [5.74, 6) is -0.0589. The third kappa shape index (κ3) is 4.43. The smallest absolute Gasteiger partial charge is 0.244 e. The van der Waals surface area contributed by atoms with Gasteiger partial charge in [-0.15, -0.1) is 0 Å². The number of nitrogens with zero attached hydrogens (tertiary/aromatic N) is 2. The zero-order valence-electron chi connectivity index (χ0n) is 13.5. The summed E-state index contributed by atoms with van der Waals surface area (Å²) in [4.78, 5) is 12.3. The Morgan fingerprint density at radius 3 is 2.92 bits per heavy atom. The molecular weight excluding hydrogens is 372 g/mol. The third-order valence-electron chi connectivity index (χ3n) is 4.05. The van der Waals surface area contributed by atoms with Crippen molar-refractivity contribution in [3.8, 4) is 0 Å². The molecule has 1 aromatic heterocycles. The molecule has 1 aliphatic rings. The number of halogens is 1. The maximum atomic E-state index is 12.3. The van der Waals surface area contributed by atoms with Crippen molar-refractivity contribution in [2.45, 2.75) is 32.0 Å². The maximum absolute atomic E-state index is 12.3. The van der Waals surface area contributed by atoms with Crippen LogP contribution in [-0.4, -0.2) is 41.0 Å². The number of hydrogen-bond donors (Lipinski definition) is 2. The summed E-state index contributed by atoms with van der Waals surface area (Å²) in [6.07, 6.45) is 4.50. The molecule has 24 heavy (non-hydrogen) atoms. The van der Waals surface area contributed by atoms with E-state index in [-0.39, 0.29) is 18.1 Å². The lowest BCUT2D eigenvalue weighted by Gasteiger charge is -2.29. The van der Waals surface area contributed by atoms with E-state index in [4.69, 9.17) is 4.74 Å². The number of amides is 1. The van der Waals surface area contributed by atoms with Gasteiger partial charge < -0.3 is 15.4 Å². The topological polar surface area (TPSA) is 68.2 Å². The van der Waals surface area contributed by atoms with E-state index >= 15 is 0 Å². The van der Waals surface area contributed by atoms with Crippen molar-refractivity contribution in [1.82, 2.24) is 15.1 Å². The quantitative estimate of drug-likeness (QED) is 0.818. The van der Waals surface area contributed by atoms with E-state index < -0.39 is 0 Å². The van der Waals surface area contributed by atoms with E-state index in [9.17, 15) is 4.79 Å². The molecular formula is C17H21BrN4O2. The number of hydrogen-bond acceptors (Lipinski definition) is 4. The van der Waals surface area contributed by atoms with Crippen molar-refractivity contribution < 1.29 is 9.53 Å². The van der Waals surface area contributed by atoms with Crippen molar-refractivity contribution >= 4 is 27.5 Å². The Labute approximate surface area is 149 Å². The highest BCUT2D eigenvalue weighted by atomic mass is 79.9. The van der Waals surface area contributed by atoms with Crippen LogP contribution in [0, 0.1) is 0 Å². The van der Waals surface area contributed by atoms with Crippen molar-refractivity contribution in [2.24, 2.45) is 0 Å². The molecule has 2 atom stereocenters. The number of aromatic nitrogens is 2. The van der Waals surface area contributed by atoms with Gasteiger partial charge in [-0.25, -0.2) is 0 Å². The van der Waals surface area contributed by atoms with Gasteiger partial charge in [0.1, 0.15) is 6.04 Å². The molecule has 2 heterocycles. The van der Waals surface area contributed by atoms with Gasteiger partial charge in [0.2, 0.25) is 5.91 Å². The number of carbonyl (C=O) groups is 1. The number of aryl methyl sites for hydroxylation is 2. The first-order valence-corrected chi connectivity index (χ1v) is 8.84. The monoisotopic (exact) mass is 392 g/mol. The Kier molecular flexibility index (Phi) is 5.65. The van der Waals surface area contributed by atoms with Crippen LogP contribution < -0.4 is 10.6 Å². The average Bonchev–Trinajstić information content (AvgIpc) is 3.00. The van der Waals surface area contributed by atoms with Crippen molar-refractivity contribution in [1.29, 1.82) is 0 Å². The molecule has 0 aliphatic carbocycles. The molecule has 1 aliphatic heterocycles. The SMILES string of the molecule is C[C@H]1OCCN[C@@H]1C(=O)Nc1ccc(CCn2cc(Br)cn2)cc1. The summed E-state index contributed by atoms with van der Waals surface area (Å²) >= 11 is 3.39. The average molecular weight is 393 g/mol. The fraction of sp³-hybridized carbons (Fsp3) is 0.412. The van der Waals surface area contributed by atoms with Crippen LogP contribution in [0.25, 0.3) is 0 Å². The number of rotatable bonds is 5. The second-order valence-corrected chi connectivity index (χ2v) is 6.78. The van der Waals surface area contributed by atoms with Gasteiger partial charge in [0, 0.05) is 25.0 Å². The van der Waals surface area contributed by atoms with Gasteiger partial charge in [-0.05, 0) is 47.0 Å². The lowest BCUT2D eigenvalue weighted by atomic mass is 10.1. The molecule has 6 nitrogen and oxygen atoms in total. The van der Waals surface area contributed by atoms with Crippen LogP contribution in [0.1, 0.15) is 12.5 Å². The highest BCUT2D eigenvalue weighted by molar-refractivity contribution is 9.10. The molecule has 1 amide bonds. The first-order valence-electron chi connectivity index (χ1n) is 8.04. The van der Waals surface area contributed by atoms with E-state index in [0.717, 1.165) is 23.1 Å². The summed E-state index contributed by atoms with van der Waals surface area (Å²) < 4.78 is 8.39. The van der Waals surface area contributed by atoms with Crippen LogP contribution >= 0.6 is 15.9 Å². The molecule has 1 saturated heterocycles. The molecule has 1 fully saturated rings. The van der Waals surface area contributed by atoms with Crippen LogP contribution in [0.2, 0.25) is 0 Å². The molecule has 0 bridgehead atoms. The van der Waals surface area contributed by atoms with E-state index in [2.05, 4.69) is 31.7 Å². The molecule has 2 aromatic rings. The molecule has 1 aromatic carbocycles. The second-order valence-electron chi connectivity index (χ2n) is 5.87. The number of carbonyl (C=O) groups excluding carboxylic acids is 1. The van der Waals surface area contributed by atoms with Crippen LogP contribution in [0.5, 0.6) is 0 Å². The number of morpholine rings is 1. The zero-order valence-corrected chi connectivity index (χ0v) is 15.1. The predicted molar refractivity (Wildman–Crippen MR) is 95.9 cm³/mol. The lowest BCUT2D eigenvalue weighted by Crippen LogP contribution is -2.53. The zero-order chi connectivity index (χ0) is 16.9. The van der Waals surface area contributed by atoms with Crippen LogP contribution in [0.4, 0.5) is 5.69 Å².